The molecule has 170 valence electrons. The number of aryl methyl sites for hydroxylation is 1. The van der Waals surface area contributed by atoms with Crippen molar-refractivity contribution < 1.29 is 4.74 Å². The Balaban J connectivity index is 1.40. The van der Waals surface area contributed by atoms with Crippen molar-refractivity contribution in [1.82, 2.24) is 30.1 Å². The van der Waals surface area contributed by atoms with Crippen LogP contribution in [0.5, 0.6) is 0 Å². The lowest BCUT2D eigenvalue weighted by molar-refractivity contribution is 0.0893. The number of hydrogen-bond acceptors (Lipinski definition) is 6. The van der Waals surface area contributed by atoms with Crippen molar-refractivity contribution in [2.24, 2.45) is 0 Å². The Morgan fingerprint density at radius 2 is 2.00 bits per heavy atom. The van der Waals surface area contributed by atoms with E-state index in [0.29, 0.717) is 25.7 Å². The molecule has 8 heteroatoms. The molecule has 32 heavy (non-hydrogen) atoms. The minimum Gasteiger partial charge on any atom is -0.376 e. The fraction of sp³-hybridized carbons (Fsp3) is 0.583. The number of H-pyrrole nitrogens is 1. The van der Waals surface area contributed by atoms with Gasteiger partial charge in [0.05, 0.1) is 19.2 Å². The number of benzene rings is 1. The average molecular weight is 437 g/mol. The van der Waals surface area contributed by atoms with Gasteiger partial charge in [-0.25, -0.2) is 4.68 Å². The van der Waals surface area contributed by atoms with Gasteiger partial charge < -0.3 is 9.72 Å². The molecule has 3 heterocycles. The number of tetrazole rings is 1. The van der Waals surface area contributed by atoms with Crippen LogP contribution in [0.4, 0.5) is 0 Å². The van der Waals surface area contributed by atoms with E-state index in [1.54, 1.807) is 0 Å². The molecule has 0 unspecified atom stereocenters. The van der Waals surface area contributed by atoms with Crippen LogP contribution in [0.15, 0.2) is 29.1 Å². The number of pyridine rings is 1. The largest absolute Gasteiger partial charge is 0.376 e. The van der Waals surface area contributed by atoms with E-state index >= 15 is 0 Å². The predicted octanol–water partition coefficient (Wildman–Crippen LogP) is 3.34. The van der Waals surface area contributed by atoms with E-state index in [-0.39, 0.29) is 11.7 Å². The van der Waals surface area contributed by atoms with Crippen LogP contribution in [0.3, 0.4) is 0 Å². The quantitative estimate of drug-likeness (QED) is 0.611. The highest BCUT2D eigenvalue weighted by Gasteiger charge is 2.25. The van der Waals surface area contributed by atoms with Crippen LogP contribution in [-0.4, -0.2) is 48.8 Å². The van der Waals surface area contributed by atoms with Crippen molar-refractivity contribution in [3.63, 3.8) is 0 Å². The molecule has 1 aliphatic heterocycles. The van der Waals surface area contributed by atoms with Crippen LogP contribution < -0.4 is 5.56 Å². The molecule has 2 aliphatic rings. The highest BCUT2D eigenvalue weighted by molar-refractivity contribution is 5.79. The van der Waals surface area contributed by atoms with Gasteiger partial charge in [0, 0.05) is 30.3 Å². The van der Waals surface area contributed by atoms with Crippen molar-refractivity contribution in [3.8, 4) is 0 Å². The number of nitrogens with zero attached hydrogens (tertiary/aromatic N) is 5. The minimum atomic E-state index is -0.0112. The normalized spacial score (nSPS) is 19.9. The number of aromatic amines is 1. The van der Waals surface area contributed by atoms with E-state index < -0.39 is 0 Å². The molecular weight excluding hydrogens is 404 g/mol. The van der Waals surface area contributed by atoms with Crippen LogP contribution in [0.2, 0.25) is 0 Å². The van der Waals surface area contributed by atoms with E-state index in [0.717, 1.165) is 60.1 Å². The zero-order chi connectivity index (χ0) is 21.9. The number of fused-ring (bicyclic) bond motifs is 1. The SMILES string of the molecule is Cc1ccc2cc(CN(Cc3nnnn3C[C@H]3CCCO3)C3CCCCC3)c(=O)[nH]c2c1. The van der Waals surface area contributed by atoms with Crippen LogP contribution in [0.1, 0.15) is 61.9 Å². The summed E-state index contributed by atoms with van der Waals surface area (Å²) in [5.41, 5.74) is 2.82. The summed E-state index contributed by atoms with van der Waals surface area (Å²) in [5, 5.41) is 13.6. The average Bonchev–Trinajstić information content (AvgIpc) is 3.47. The molecule has 1 saturated heterocycles. The first kappa shape index (κ1) is 21.3. The summed E-state index contributed by atoms with van der Waals surface area (Å²) < 4.78 is 7.68. The second kappa shape index (κ2) is 9.50. The molecule has 1 N–H and O–H groups in total. The molecule has 3 aromatic rings. The molecule has 1 atom stereocenters. The maximum Gasteiger partial charge on any atom is 0.252 e. The standard InChI is InChI=1S/C24H32N6O2/c1-17-9-10-18-13-19(24(31)25-22(18)12-17)14-29(20-6-3-2-4-7-20)16-23-26-27-28-30(23)15-21-8-5-11-32-21/h9-10,12-13,20-21H,2-8,11,14-16H2,1H3,(H,25,31)/t21-/m1/s1. The van der Waals surface area contributed by atoms with E-state index in [4.69, 9.17) is 4.74 Å². The van der Waals surface area contributed by atoms with Crippen LogP contribution >= 0.6 is 0 Å². The lowest BCUT2D eigenvalue weighted by Crippen LogP contribution is -2.38. The Morgan fingerprint density at radius 3 is 2.81 bits per heavy atom. The van der Waals surface area contributed by atoms with E-state index in [2.05, 4.69) is 37.5 Å². The van der Waals surface area contributed by atoms with E-state index in [1.807, 2.05) is 23.7 Å². The van der Waals surface area contributed by atoms with Crippen LogP contribution in [0, 0.1) is 6.92 Å². The summed E-state index contributed by atoms with van der Waals surface area (Å²) in [6, 6.07) is 8.67. The highest BCUT2D eigenvalue weighted by atomic mass is 16.5. The van der Waals surface area contributed by atoms with Gasteiger partial charge in [0.15, 0.2) is 5.82 Å². The van der Waals surface area contributed by atoms with Gasteiger partial charge >= 0.3 is 0 Å². The lowest BCUT2D eigenvalue weighted by Gasteiger charge is -2.34. The van der Waals surface area contributed by atoms with Gasteiger partial charge in [0.1, 0.15) is 0 Å². The fourth-order valence-electron chi connectivity index (χ4n) is 5.10. The molecule has 2 fully saturated rings. The zero-order valence-electron chi connectivity index (χ0n) is 18.8. The van der Waals surface area contributed by atoms with Gasteiger partial charge in [-0.2, -0.15) is 0 Å². The molecular formula is C24H32N6O2. The Bertz CT molecular complexity index is 1110. The molecule has 1 aliphatic carbocycles. The number of rotatable bonds is 7. The predicted molar refractivity (Wildman–Crippen MR) is 122 cm³/mol. The van der Waals surface area contributed by atoms with Crippen LogP contribution in [-0.2, 0) is 24.4 Å². The number of nitrogens with one attached hydrogen (secondary N) is 1. The van der Waals surface area contributed by atoms with Gasteiger partial charge in [-0.05, 0) is 66.1 Å². The van der Waals surface area contributed by atoms with E-state index in [9.17, 15) is 4.79 Å². The second-order valence-corrected chi connectivity index (χ2v) is 9.32. The molecule has 1 aromatic carbocycles. The molecule has 2 aromatic heterocycles. The van der Waals surface area contributed by atoms with E-state index in [1.165, 1.54) is 19.3 Å². The van der Waals surface area contributed by atoms with Gasteiger partial charge in [0.2, 0.25) is 0 Å². The van der Waals surface area contributed by atoms with Gasteiger partial charge in [-0.3, -0.25) is 9.69 Å². The zero-order valence-corrected chi connectivity index (χ0v) is 18.8. The Kier molecular flexibility index (Phi) is 6.32. The maximum atomic E-state index is 12.9. The van der Waals surface area contributed by atoms with Gasteiger partial charge in [-0.15, -0.1) is 5.10 Å². The first-order valence-electron chi connectivity index (χ1n) is 11.9. The summed E-state index contributed by atoms with van der Waals surface area (Å²) >= 11 is 0. The topological polar surface area (TPSA) is 88.9 Å². The third-order valence-electron chi connectivity index (χ3n) is 6.89. The molecule has 0 bridgehead atoms. The van der Waals surface area contributed by atoms with Crippen molar-refractivity contribution in [1.29, 1.82) is 0 Å². The Hall–Kier alpha value is -2.58. The summed E-state index contributed by atoms with van der Waals surface area (Å²) in [4.78, 5) is 18.4. The lowest BCUT2D eigenvalue weighted by atomic mass is 9.93. The molecule has 8 nitrogen and oxygen atoms in total. The third-order valence-corrected chi connectivity index (χ3v) is 6.89. The molecule has 0 spiro atoms. The Morgan fingerprint density at radius 1 is 1.12 bits per heavy atom. The first-order valence-corrected chi connectivity index (χ1v) is 11.9. The third kappa shape index (κ3) is 4.76. The van der Waals surface area contributed by atoms with Crippen molar-refractivity contribution >= 4 is 10.9 Å². The maximum absolute atomic E-state index is 12.9. The summed E-state index contributed by atoms with van der Waals surface area (Å²) in [6.07, 6.45) is 8.39. The summed E-state index contributed by atoms with van der Waals surface area (Å²) in [7, 11) is 0. The van der Waals surface area contributed by atoms with Gasteiger partial charge in [-0.1, -0.05) is 31.4 Å². The van der Waals surface area contributed by atoms with Gasteiger partial charge in [0.25, 0.3) is 5.56 Å². The summed E-state index contributed by atoms with van der Waals surface area (Å²) in [5.74, 6) is 0.846. The van der Waals surface area contributed by atoms with Crippen molar-refractivity contribution in [2.45, 2.75) is 83.6 Å². The fourth-order valence-corrected chi connectivity index (χ4v) is 5.10. The second-order valence-electron chi connectivity index (χ2n) is 9.32. The summed E-state index contributed by atoms with van der Waals surface area (Å²) in [6.45, 7) is 4.78. The molecule has 0 amide bonds. The van der Waals surface area contributed by atoms with Crippen molar-refractivity contribution in [3.05, 3.63) is 51.6 Å². The number of ether oxygens (including phenoxy) is 1. The van der Waals surface area contributed by atoms with Crippen molar-refractivity contribution in [2.75, 3.05) is 6.61 Å². The highest BCUT2D eigenvalue weighted by Crippen LogP contribution is 2.26. The number of hydrogen-bond donors (Lipinski definition) is 1. The number of aromatic nitrogens is 5. The molecule has 1 saturated carbocycles. The molecule has 5 rings (SSSR count). The minimum absolute atomic E-state index is 0.0112. The monoisotopic (exact) mass is 436 g/mol. The van der Waals surface area contributed by atoms with Crippen LogP contribution in [0.25, 0.3) is 10.9 Å². The smallest absolute Gasteiger partial charge is 0.252 e. The Labute approximate surface area is 188 Å². The molecule has 0 radical (unpaired) electrons. The first-order chi connectivity index (χ1) is 15.7.